The number of ether oxygens (including phenoxy) is 1. The molecule has 0 aliphatic carbocycles. The molecule has 0 aromatic heterocycles. The van der Waals surface area contributed by atoms with Gasteiger partial charge in [-0.25, -0.2) is 0 Å². The van der Waals surface area contributed by atoms with E-state index in [0.29, 0.717) is 17.7 Å². The van der Waals surface area contributed by atoms with E-state index in [4.69, 9.17) is 4.74 Å². The fourth-order valence-electron chi connectivity index (χ4n) is 3.13. The fraction of sp³-hybridized carbons (Fsp3) is 0.933. The zero-order valence-corrected chi connectivity index (χ0v) is 12.5. The first-order valence-corrected chi connectivity index (χ1v) is 7.76. The van der Waals surface area contributed by atoms with Crippen LogP contribution in [0.5, 0.6) is 0 Å². The summed E-state index contributed by atoms with van der Waals surface area (Å²) in [4.78, 5) is 14.5. The van der Waals surface area contributed by atoms with Crippen molar-refractivity contribution in [2.75, 3.05) is 19.8 Å². The maximum atomic E-state index is 12.4. The number of carbonyl (C=O) groups excluding carboxylic acids is 1. The van der Waals surface area contributed by atoms with Gasteiger partial charge in [0.1, 0.15) is 0 Å². The molecule has 0 saturated carbocycles. The van der Waals surface area contributed by atoms with Crippen LogP contribution in [0.4, 0.5) is 0 Å². The maximum Gasteiger partial charge on any atom is 0.241 e. The van der Waals surface area contributed by atoms with Gasteiger partial charge in [-0.3, -0.25) is 10.1 Å². The summed E-state index contributed by atoms with van der Waals surface area (Å²) in [5.74, 6) is 1.41. The zero-order chi connectivity index (χ0) is 13.8. The highest BCUT2D eigenvalue weighted by Crippen LogP contribution is 2.23. The van der Waals surface area contributed by atoms with Gasteiger partial charge in [0.2, 0.25) is 5.91 Å². The SMILES string of the molecule is CCC1NC(CC(C)C)N(CC2CCCOC2)C1=O. The summed E-state index contributed by atoms with van der Waals surface area (Å²) in [6.45, 7) is 9.07. The van der Waals surface area contributed by atoms with Crippen LogP contribution in [0, 0.1) is 11.8 Å². The van der Waals surface area contributed by atoms with Gasteiger partial charge in [0.15, 0.2) is 0 Å². The van der Waals surface area contributed by atoms with E-state index >= 15 is 0 Å². The highest BCUT2D eigenvalue weighted by Gasteiger charge is 2.38. The van der Waals surface area contributed by atoms with Gasteiger partial charge in [-0.2, -0.15) is 0 Å². The van der Waals surface area contributed by atoms with Crippen LogP contribution < -0.4 is 5.32 Å². The van der Waals surface area contributed by atoms with E-state index in [1.807, 2.05) is 0 Å². The monoisotopic (exact) mass is 268 g/mol. The van der Waals surface area contributed by atoms with E-state index in [2.05, 4.69) is 31.0 Å². The first kappa shape index (κ1) is 14.8. The lowest BCUT2D eigenvalue weighted by Crippen LogP contribution is -2.42. The van der Waals surface area contributed by atoms with Gasteiger partial charge in [0.25, 0.3) is 0 Å². The predicted octanol–water partition coefficient (Wildman–Crippen LogP) is 2.00. The Morgan fingerprint density at radius 3 is 2.84 bits per heavy atom. The van der Waals surface area contributed by atoms with Gasteiger partial charge in [0.05, 0.1) is 18.8 Å². The Morgan fingerprint density at radius 1 is 1.47 bits per heavy atom. The van der Waals surface area contributed by atoms with E-state index in [0.717, 1.165) is 39.0 Å². The lowest BCUT2D eigenvalue weighted by atomic mass is 10.0. The Bertz CT molecular complexity index is 301. The molecule has 1 N–H and O–H groups in total. The van der Waals surface area contributed by atoms with Crippen LogP contribution >= 0.6 is 0 Å². The van der Waals surface area contributed by atoms with Crippen LogP contribution in [0.2, 0.25) is 0 Å². The van der Waals surface area contributed by atoms with Gasteiger partial charge < -0.3 is 9.64 Å². The third-order valence-corrected chi connectivity index (χ3v) is 4.16. The summed E-state index contributed by atoms with van der Waals surface area (Å²) in [7, 11) is 0. The van der Waals surface area contributed by atoms with Crippen molar-refractivity contribution in [3.63, 3.8) is 0 Å². The highest BCUT2D eigenvalue weighted by molar-refractivity contribution is 5.84. The molecule has 0 spiro atoms. The normalized spacial score (nSPS) is 32.3. The number of nitrogens with zero attached hydrogens (tertiary/aromatic N) is 1. The van der Waals surface area contributed by atoms with Gasteiger partial charge in [-0.1, -0.05) is 20.8 Å². The highest BCUT2D eigenvalue weighted by atomic mass is 16.5. The van der Waals surface area contributed by atoms with E-state index in [1.165, 1.54) is 6.42 Å². The molecule has 0 bridgehead atoms. The molecule has 2 heterocycles. The summed E-state index contributed by atoms with van der Waals surface area (Å²) >= 11 is 0. The number of amides is 1. The van der Waals surface area contributed by atoms with E-state index in [1.54, 1.807) is 0 Å². The predicted molar refractivity (Wildman–Crippen MR) is 75.7 cm³/mol. The van der Waals surface area contributed by atoms with Crippen LogP contribution in [0.25, 0.3) is 0 Å². The molecule has 19 heavy (non-hydrogen) atoms. The summed E-state index contributed by atoms with van der Waals surface area (Å²) in [5, 5.41) is 3.50. The summed E-state index contributed by atoms with van der Waals surface area (Å²) < 4.78 is 5.54. The standard InChI is InChI=1S/C15H28N2O2/c1-4-13-15(18)17(14(16-13)8-11(2)3)9-12-6-5-7-19-10-12/h11-14,16H,4-10H2,1-3H3. The Balaban J connectivity index is 1.98. The van der Waals surface area contributed by atoms with Gasteiger partial charge in [-0.05, 0) is 31.6 Å². The van der Waals surface area contributed by atoms with Crippen molar-refractivity contribution in [3.8, 4) is 0 Å². The third-order valence-electron chi connectivity index (χ3n) is 4.16. The maximum absolute atomic E-state index is 12.4. The first-order valence-electron chi connectivity index (χ1n) is 7.76. The molecule has 4 nitrogen and oxygen atoms in total. The van der Waals surface area contributed by atoms with Crippen LogP contribution in [0.1, 0.15) is 46.5 Å². The molecular formula is C15H28N2O2. The van der Waals surface area contributed by atoms with Crippen molar-refractivity contribution in [3.05, 3.63) is 0 Å². The molecule has 2 aliphatic rings. The molecule has 3 unspecified atom stereocenters. The summed E-state index contributed by atoms with van der Waals surface area (Å²) in [6, 6.07) is 0.0215. The minimum atomic E-state index is 0.0215. The Morgan fingerprint density at radius 2 is 2.26 bits per heavy atom. The molecule has 2 rings (SSSR count). The second-order valence-electron chi connectivity index (χ2n) is 6.35. The van der Waals surface area contributed by atoms with E-state index in [9.17, 15) is 4.79 Å². The average Bonchev–Trinajstić information content (AvgIpc) is 2.67. The van der Waals surface area contributed by atoms with Gasteiger partial charge >= 0.3 is 0 Å². The van der Waals surface area contributed by atoms with Gasteiger partial charge in [-0.15, -0.1) is 0 Å². The van der Waals surface area contributed by atoms with Crippen molar-refractivity contribution in [2.45, 2.75) is 58.7 Å². The Kier molecular flexibility index (Phi) is 5.22. The summed E-state index contributed by atoms with van der Waals surface area (Å²) in [6.07, 6.45) is 4.46. The van der Waals surface area contributed by atoms with Crippen molar-refractivity contribution >= 4 is 5.91 Å². The smallest absolute Gasteiger partial charge is 0.241 e. The number of hydrogen-bond acceptors (Lipinski definition) is 3. The zero-order valence-electron chi connectivity index (χ0n) is 12.5. The second-order valence-corrected chi connectivity index (χ2v) is 6.35. The molecular weight excluding hydrogens is 240 g/mol. The molecule has 3 atom stereocenters. The lowest BCUT2D eigenvalue weighted by Gasteiger charge is -2.31. The number of nitrogens with one attached hydrogen (secondary N) is 1. The van der Waals surface area contributed by atoms with Crippen LogP contribution in [0.15, 0.2) is 0 Å². The molecule has 4 heteroatoms. The third kappa shape index (κ3) is 3.69. The fourth-order valence-corrected chi connectivity index (χ4v) is 3.13. The molecule has 1 amide bonds. The molecule has 2 fully saturated rings. The molecule has 0 radical (unpaired) electrons. The van der Waals surface area contributed by atoms with Gasteiger partial charge in [0, 0.05) is 19.1 Å². The largest absolute Gasteiger partial charge is 0.381 e. The number of hydrogen-bond donors (Lipinski definition) is 1. The number of carbonyl (C=O) groups is 1. The van der Waals surface area contributed by atoms with E-state index < -0.39 is 0 Å². The molecule has 2 aliphatic heterocycles. The molecule has 2 saturated heterocycles. The molecule has 0 aromatic rings. The molecule has 110 valence electrons. The van der Waals surface area contributed by atoms with Crippen LogP contribution in [-0.4, -0.2) is 42.8 Å². The van der Waals surface area contributed by atoms with Crippen LogP contribution in [0.3, 0.4) is 0 Å². The van der Waals surface area contributed by atoms with Crippen molar-refractivity contribution in [2.24, 2.45) is 11.8 Å². The quantitative estimate of drug-likeness (QED) is 0.829. The molecule has 0 aromatic carbocycles. The second kappa shape index (κ2) is 6.71. The first-order chi connectivity index (χ1) is 9.11. The van der Waals surface area contributed by atoms with Crippen molar-refractivity contribution in [1.29, 1.82) is 0 Å². The Hall–Kier alpha value is -0.610. The Labute approximate surface area is 116 Å². The minimum Gasteiger partial charge on any atom is -0.381 e. The topological polar surface area (TPSA) is 41.6 Å². The number of rotatable bonds is 5. The lowest BCUT2D eigenvalue weighted by molar-refractivity contribution is -0.131. The summed E-state index contributed by atoms with van der Waals surface area (Å²) in [5.41, 5.74) is 0. The van der Waals surface area contributed by atoms with E-state index in [-0.39, 0.29) is 12.2 Å². The van der Waals surface area contributed by atoms with Crippen LogP contribution in [-0.2, 0) is 9.53 Å². The average molecular weight is 268 g/mol. The van der Waals surface area contributed by atoms with Crippen molar-refractivity contribution < 1.29 is 9.53 Å². The minimum absolute atomic E-state index is 0.0215. The van der Waals surface area contributed by atoms with Crippen molar-refractivity contribution in [1.82, 2.24) is 10.2 Å².